The van der Waals surface area contributed by atoms with Crippen LogP contribution in [0.1, 0.15) is 36.5 Å². The maximum Gasteiger partial charge on any atom is 0.343 e. The summed E-state index contributed by atoms with van der Waals surface area (Å²) in [5.41, 5.74) is 1.40. The summed E-state index contributed by atoms with van der Waals surface area (Å²) in [5, 5.41) is 20.7. The molecule has 0 saturated carbocycles. The zero-order chi connectivity index (χ0) is 21.8. The Kier molecular flexibility index (Phi) is 4.56. The molecule has 2 N–H and O–H groups in total. The summed E-state index contributed by atoms with van der Waals surface area (Å²) in [6.07, 6.45) is 0.665. The van der Waals surface area contributed by atoms with Gasteiger partial charge < -0.3 is 24.3 Å². The molecule has 2 aliphatic heterocycles. The fourth-order valence-electron chi connectivity index (χ4n) is 4.31. The number of hydrogen-bond acceptors (Lipinski definition) is 7. The van der Waals surface area contributed by atoms with E-state index in [9.17, 15) is 14.7 Å². The van der Waals surface area contributed by atoms with Gasteiger partial charge in [0.05, 0.1) is 35.6 Å². The quantitative estimate of drug-likeness (QED) is 0.373. The minimum Gasteiger partial charge on any atom is -0.493 e. The molecule has 0 unspecified atom stereocenters. The molecular weight excluding hydrogens is 400 g/mol. The van der Waals surface area contributed by atoms with Gasteiger partial charge in [0.1, 0.15) is 12.4 Å². The van der Waals surface area contributed by atoms with Crippen molar-refractivity contribution in [1.82, 2.24) is 9.55 Å². The number of aliphatic hydroxyl groups excluding tert-OH is 1. The van der Waals surface area contributed by atoms with E-state index >= 15 is 0 Å². The highest BCUT2D eigenvalue weighted by Gasteiger charge is 2.45. The Labute approximate surface area is 177 Å². The number of ether oxygens (including phenoxy) is 2. The Bertz CT molecular complexity index is 1280. The van der Waals surface area contributed by atoms with E-state index in [0.29, 0.717) is 47.8 Å². The first-order valence-corrected chi connectivity index (χ1v) is 10.3. The number of pyridine rings is 2. The van der Waals surface area contributed by atoms with Crippen LogP contribution in [0.4, 0.5) is 0 Å². The SMILES string of the molecule is CC[C@@]1(O)C(=O)OCc2c1cc1n(c2=O)Cc2cc3cc(OCCCO)ccc3nc2-1. The van der Waals surface area contributed by atoms with Crippen LogP contribution < -0.4 is 10.3 Å². The number of carbonyl (C=O) groups is 1. The van der Waals surface area contributed by atoms with Gasteiger partial charge in [-0.2, -0.15) is 0 Å². The minimum atomic E-state index is -1.83. The highest BCUT2D eigenvalue weighted by Crippen LogP contribution is 2.38. The molecule has 1 aromatic carbocycles. The lowest BCUT2D eigenvalue weighted by atomic mass is 9.86. The summed E-state index contributed by atoms with van der Waals surface area (Å²) in [5.74, 6) is -0.0419. The summed E-state index contributed by atoms with van der Waals surface area (Å²) in [6, 6.07) is 9.25. The lowest BCUT2D eigenvalue weighted by Gasteiger charge is -2.31. The van der Waals surface area contributed by atoms with Crippen LogP contribution >= 0.6 is 0 Å². The number of aliphatic hydroxyl groups is 2. The standard InChI is InChI=1S/C23H22N2O6/c1-2-23(29)17-10-19-20-14(11-25(19)21(27)16(17)12-31-22(23)28)8-13-9-15(30-7-3-6-26)4-5-18(13)24-20/h4-5,8-10,26,29H,2-3,6-7,11-12H2,1H3/t23-/m0/s1. The summed E-state index contributed by atoms with van der Waals surface area (Å²) in [7, 11) is 0. The predicted molar refractivity (Wildman–Crippen MR) is 112 cm³/mol. The molecule has 2 aromatic heterocycles. The molecule has 0 aliphatic carbocycles. The minimum absolute atomic E-state index is 0.0728. The maximum atomic E-state index is 13.2. The number of carbonyl (C=O) groups excluding carboxylic acids is 1. The second-order valence-corrected chi connectivity index (χ2v) is 7.88. The molecule has 0 fully saturated rings. The van der Waals surface area contributed by atoms with Crippen molar-refractivity contribution in [2.24, 2.45) is 0 Å². The lowest BCUT2D eigenvalue weighted by molar-refractivity contribution is -0.172. The van der Waals surface area contributed by atoms with Gasteiger partial charge in [-0.15, -0.1) is 0 Å². The summed E-state index contributed by atoms with van der Waals surface area (Å²) in [6.45, 7) is 2.39. The number of rotatable bonds is 5. The molecule has 3 aromatic rings. The molecule has 0 amide bonds. The molecule has 0 radical (unpaired) electrons. The first kappa shape index (κ1) is 19.7. The van der Waals surface area contributed by atoms with Crippen molar-refractivity contribution in [3.8, 4) is 17.1 Å². The molecule has 31 heavy (non-hydrogen) atoms. The van der Waals surface area contributed by atoms with Crippen LogP contribution in [-0.4, -0.2) is 38.9 Å². The van der Waals surface area contributed by atoms with E-state index in [1.165, 1.54) is 0 Å². The van der Waals surface area contributed by atoms with Crippen LogP contribution in [0.25, 0.3) is 22.3 Å². The van der Waals surface area contributed by atoms with Crippen LogP contribution in [0.5, 0.6) is 5.75 Å². The smallest absolute Gasteiger partial charge is 0.343 e. The average Bonchev–Trinajstić information content (AvgIpc) is 3.13. The van der Waals surface area contributed by atoms with Gasteiger partial charge in [0.15, 0.2) is 5.60 Å². The summed E-state index contributed by atoms with van der Waals surface area (Å²) < 4.78 is 12.4. The van der Waals surface area contributed by atoms with E-state index in [2.05, 4.69) is 0 Å². The van der Waals surface area contributed by atoms with Gasteiger partial charge in [0.25, 0.3) is 5.56 Å². The van der Waals surface area contributed by atoms with Crippen molar-refractivity contribution >= 4 is 16.9 Å². The highest BCUT2D eigenvalue weighted by molar-refractivity contribution is 5.87. The van der Waals surface area contributed by atoms with E-state index in [1.54, 1.807) is 17.6 Å². The highest BCUT2D eigenvalue weighted by atomic mass is 16.6. The number of aromatic nitrogens is 2. The topological polar surface area (TPSA) is 111 Å². The van der Waals surface area contributed by atoms with E-state index in [1.807, 2.05) is 24.3 Å². The van der Waals surface area contributed by atoms with Crippen LogP contribution in [-0.2, 0) is 28.3 Å². The van der Waals surface area contributed by atoms with Gasteiger partial charge in [0.2, 0.25) is 0 Å². The van der Waals surface area contributed by atoms with Gasteiger partial charge in [-0.3, -0.25) is 4.79 Å². The largest absolute Gasteiger partial charge is 0.493 e. The van der Waals surface area contributed by atoms with Crippen LogP contribution in [0.2, 0.25) is 0 Å². The number of fused-ring (bicyclic) bond motifs is 5. The van der Waals surface area contributed by atoms with Crippen molar-refractivity contribution < 1.29 is 24.5 Å². The molecule has 2 aliphatic rings. The van der Waals surface area contributed by atoms with Gasteiger partial charge >= 0.3 is 5.97 Å². The second-order valence-electron chi connectivity index (χ2n) is 7.88. The number of hydrogen-bond donors (Lipinski definition) is 2. The van der Waals surface area contributed by atoms with Crippen molar-refractivity contribution in [3.63, 3.8) is 0 Å². The van der Waals surface area contributed by atoms with E-state index < -0.39 is 11.6 Å². The Balaban J connectivity index is 1.62. The Morgan fingerprint density at radius 1 is 1.26 bits per heavy atom. The normalized spacial score (nSPS) is 19.0. The van der Waals surface area contributed by atoms with Crippen molar-refractivity contribution in [2.45, 2.75) is 38.5 Å². The Morgan fingerprint density at radius 2 is 2.10 bits per heavy atom. The molecule has 4 heterocycles. The second kappa shape index (κ2) is 7.18. The average molecular weight is 422 g/mol. The zero-order valence-electron chi connectivity index (χ0n) is 17.1. The third kappa shape index (κ3) is 2.94. The van der Waals surface area contributed by atoms with Crippen molar-refractivity contribution in [1.29, 1.82) is 0 Å². The number of esters is 1. The molecule has 0 spiro atoms. The van der Waals surface area contributed by atoms with E-state index in [4.69, 9.17) is 19.6 Å². The van der Waals surface area contributed by atoms with Gasteiger partial charge in [-0.05, 0) is 36.8 Å². The van der Waals surface area contributed by atoms with Crippen LogP contribution in [0, 0.1) is 0 Å². The Morgan fingerprint density at radius 3 is 2.87 bits per heavy atom. The first-order valence-electron chi connectivity index (χ1n) is 10.3. The maximum absolute atomic E-state index is 13.2. The third-order valence-electron chi connectivity index (χ3n) is 6.05. The number of benzene rings is 1. The van der Waals surface area contributed by atoms with E-state index in [0.717, 1.165) is 16.5 Å². The van der Waals surface area contributed by atoms with Crippen molar-refractivity contribution in [2.75, 3.05) is 13.2 Å². The molecule has 0 saturated heterocycles. The molecule has 8 heteroatoms. The molecular formula is C23H22N2O6. The van der Waals surface area contributed by atoms with Crippen LogP contribution in [0.15, 0.2) is 35.1 Å². The van der Waals surface area contributed by atoms with Crippen molar-refractivity contribution in [3.05, 3.63) is 57.4 Å². The fourth-order valence-corrected chi connectivity index (χ4v) is 4.31. The van der Waals surface area contributed by atoms with Gasteiger partial charge in [-0.25, -0.2) is 9.78 Å². The molecule has 160 valence electrons. The van der Waals surface area contributed by atoms with Crippen LogP contribution in [0.3, 0.4) is 0 Å². The predicted octanol–water partition coefficient (Wildman–Crippen LogP) is 1.84. The fraction of sp³-hybridized carbons (Fsp3) is 0.348. The zero-order valence-corrected chi connectivity index (χ0v) is 17.1. The Hall–Kier alpha value is -3.23. The summed E-state index contributed by atoms with van der Waals surface area (Å²) in [4.78, 5) is 30.2. The third-order valence-corrected chi connectivity index (χ3v) is 6.05. The number of cyclic esters (lactones) is 1. The molecule has 1 atom stereocenters. The first-order chi connectivity index (χ1) is 15.0. The monoisotopic (exact) mass is 422 g/mol. The van der Waals surface area contributed by atoms with E-state index in [-0.39, 0.29) is 25.2 Å². The number of nitrogens with zero attached hydrogens (tertiary/aromatic N) is 2. The van der Waals surface area contributed by atoms with Gasteiger partial charge in [-0.1, -0.05) is 6.92 Å². The lowest BCUT2D eigenvalue weighted by Crippen LogP contribution is -2.44. The molecule has 8 nitrogen and oxygen atoms in total. The summed E-state index contributed by atoms with van der Waals surface area (Å²) >= 11 is 0. The van der Waals surface area contributed by atoms with Gasteiger partial charge in [0, 0.05) is 29.5 Å². The molecule has 5 rings (SSSR count). The molecule has 0 bridgehead atoms.